The molecule has 0 aromatic heterocycles. The third kappa shape index (κ3) is 2.98. The van der Waals surface area contributed by atoms with Gasteiger partial charge < -0.3 is 0 Å². The second kappa shape index (κ2) is 5.16. The summed E-state index contributed by atoms with van der Waals surface area (Å²) in [6, 6.07) is 10.8. The van der Waals surface area contributed by atoms with Crippen molar-refractivity contribution in [2.45, 2.75) is 29.8 Å². The van der Waals surface area contributed by atoms with Gasteiger partial charge in [-0.25, -0.2) is 0 Å². The molecule has 2 atom stereocenters. The number of rotatable bonds is 3. The number of benzene rings is 1. The van der Waals surface area contributed by atoms with Gasteiger partial charge in [-0.1, -0.05) is 0 Å². The van der Waals surface area contributed by atoms with Crippen LogP contribution in [0.5, 0.6) is 0 Å². The van der Waals surface area contributed by atoms with Crippen LogP contribution < -0.4 is 3.61 Å². The Bertz CT molecular complexity index is 273. The van der Waals surface area contributed by atoms with Gasteiger partial charge in [-0.3, -0.25) is 0 Å². The SMILES string of the molecule is OC1CCC(C[Te]c2ccccc2)C1. The van der Waals surface area contributed by atoms with Crippen molar-refractivity contribution in [3.05, 3.63) is 30.3 Å². The molecule has 1 aliphatic rings. The van der Waals surface area contributed by atoms with Crippen LogP contribution in [-0.4, -0.2) is 32.1 Å². The maximum atomic E-state index is 9.41. The van der Waals surface area contributed by atoms with Gasteiger partial charge in [-0.2, -0.15) is 0 Å². The van der Waals surface area contributed by atoms with Crippen LogP contribution in [0, 0.1) is 5.92 Å². The Morgan fingerprint density at radius 2 is 2.00 bits per heavy atom. The molecule has 2 unspecified atom stereocenters. The molecule has 0 saturated heterocycles. The van der Waals surface area contributed by atoms with Gasteiger partial charge in [-0.05, 0) is 0 Å². The van der Waals surface area contributed by atoms with Crippen molar-refractivity contribution in [1.29, 1.82) is 0 Å². The molecule has 1 aromatic rings. The monoisotopic (exact) mass is 306 g/mol. The number of hydrogen-bond acceptors (Lipinski definition) is 1. The molecular weight excluding hydrogens is 288 g/mol. The predicted molar refractivity (Wildman–Crippen MR) is 60.0 cm³/mol. The summed E-state index contributed by atoms with van der Waals surface area (Å²) in [6.45, 7) is 0. The van der Waals surface area contributed by atoms with Crippen molar-refractivity contribution in [3.63, 3.8) is 0 Å². The van der Waals surface area contributed by atoms with Crippen LogP contribution in [0.15, 0.2) is 30.3 Å². The molecule has 76 valence electrons. The molecule has 0 bridgehead atoms. The van der Waals surface area contributed by atoms with Crippen LogP contribution in [0.25, 0.3) is 0 Å². The van der Waals surface area contributed by atoms with Crippen molar-refractivity contribution in [2.24, 2.45) is 5.92 Å². The average molecular weight is 304 g/mol. The normalized spacial score (nSPS) is 26.6. The van der Waals surface area contributed by atoms with E-state index in [-0.39, 0.29) is 27.0 Å². The van der Waals surface area contributed by atoms with Crippen LogP contribution in [0.4, 0.5) is 0 Å². The first-order chi connectivity index (χ1) is 6.84. The fraction of sp³-hybridized carbons (Fsp3) is 0.500. The Kier molecular flexibility index (Phi) is 3.87. The van der Waals surface area contributed by atoms with Crippen LogP contribution in [0.3, 0.4) is 0 Å². The Morgan fingerprint density at radius 1 is 1.21 bits per heavy atom. The first-order valence-electron chi connectivity index (χ1n) is 5.20. The molecule has 2 heteroatoms. The third-order valence-electron chi connectivity index (χ3n) is 2.74. The summed E-state index contributed by atoms with van der Waals surface area (Å²) in [5, 5.41) is 9.41. The molecule has 0 heterocycles. The second-order valence-electron chi connectivity index (χ2n) is 3.96. The topological polar surface area (TPSA) is 20.2 Å². The number of hydrogen-bond donors (Lipinski definition) is 1. The Hall–Kier alpha value is -0.0304. The van der Waals surface area contributed by atoms with E-state index in [0.717, 1.165) is 18.8 Å². The first-order valence-corrected chi connectivity index (χ1v) is 8.02. The molecule has 1 nitrogen and oxygen atoms in total. The van der Waals surface area contributed by atoms with Crippen LogP contribution in [-0.2, 0) is 0 Å². The molecular formula is C12H16OTe. The van der Waals surface area contributed by atoms with Gasteiger partial charge >= 0.3 is 95.7 Å². The molecule has 0 aliphatic heterocycles. The summed E-state index contributed by atoms with van der Waals surface area (Å²) in [6.07, 6.45) is 3.34. The van der Waals surface area contributed by atoms with Crippen molar-refractivity contribution in [1.82, 2.24) is 0 Å². The number of aliphatic hydroxyl groups is 1. The molecule has 1 saturated carbocycles. The second-order valence-corrected chi connectivity index (χ2v) is 7.08. The van der Waals surface area contributed by atoms with Gasteiger partial charge in [0.25, 0.3) is 0 Å². The van der Waals surface area contributed by atoms with E-state index in [1.807, 2.05) is 0 Å². The average Bonchev–Trinajstić information content (AvgIpc) is 2.63. The van der Waals surface area contributed by atoms with E-state index in [1.165, 1.54) is 10.9 Å². The van der Waals surface area contributed by atoms with Gasteiger partial charge in [0.1, 0.15) is 0 Å². The van der Waals surface area contributed by atoms with Gasteiger partial charge in [-0.15, -0.1) is 0 Å². The minimum absolute atomic E-state index is 0.00300. The van der Waals surface area contributed by atoms with Gasteiger partial charge in [0.2, 0.25) is 0 Å². The Labute approximate surface area is 95.6 Å². The summed E-state index contributed by atoms with van der Waals surface area (Å²) < 4.78 is 2.92. The molecule has 14 heavy (non-hydrogen) atoms. The molecule has 1 N–H and O–H groups in total. The Morgan fingerprint density at radius 3 is 2.64 bits per heavy atom. The summed E-state index contributed by atoms with van der Waals surface area (Å²) in [7, 11) is 0. The summed E-state index contributed by atoms with van der Waals surface area (Å²) in [4.78, 5) is 0. The molecule has 0 amide bonds. The maximum absolute atomic E-state index is 9.41. The van der Waals surface area contributed by atoms with E-state index in [0.29, 0.717) is 0 Å². The van der Waals surface area contributed by atoms with Crippen molar-refractivity contribution < 1.29 is 5.11 Å². The number of aliphatic hydroxyl groups excluding tert-OH is 1. The molecule has 0 spiro atoms. The van der Waals surface area contributed by atoms with E-state index < -0.39 is 0 Å². The molecule has 1 fully saturated rings. The van der Waals surface area contributed by atoms with Gasteiger partial charge in [0.15, 0.2) is 0 Å². The first kappa shape index (κ1) is 10.5. The Balaban J connectivity index is 1.78. The summed E-state index contributed by atoms with van der Waals surface area (Å²) in [5.74, 6) is 0.813. The van der Waals surface area contributed by atoms with E-state index >= 15 is 0 Å². The van der Waals surface area contributed by atoms with Crippen LogP contribution >= 0.6 is 0 Å². The summed E-state index contributed by atoms with van der Waals surface area (Å²) >= 11 is 0.00473. The summed E-state index contributed by atoms with van der Waals surface area (Å²) in [5.41, 5.74) is 0. The zero-order valence-electron chi connectivity index (χ0n) is 8.23. The van der Waals surface area contributed by atoms with E-state index in [2.05, 4.69) is 30.3 Å². The van der Waals surface area contributed by atoms with Crippen molar-refractivity contribution in [2.75, 3.05) is 0 Å². The van der Waals surface area contributed by atoms with Gasteiger partial charge in [0, 0.05) is 0 Å². The van der Waals surface area contributed by atoms with Crippen LogP contribution in [0.1, 0.15) is 19.3 Å². The van der Waals surface area contributed by atoms with E-state index in [1.54, 1.807) is 3.61 Å². The van der Waals surface area contributed by atoms with Crippen molar-refractivity contribution in [3.8, 4) is 0 Å². The molecule has 1 aliphatic carbocycles. The van der Waals surface area contributed by atoms with E-state index in [4.69, 9.17) is 0 Å². The van der Waals surface area contributed by atoms with Crippen molar-refractivity contribution >= 4 is 24.5 Å². The molecule has 1 aromatic carbocycles. The minimum atomic E-state index is 0.00300. The zero-order chi connectivity index (χ0) is 9.80. The standard InChI is InChI=1S/C12H16OTe/c13-11-7-6-10(8-11)9-14-12-4-2-1-3-5-12/h1-5,10-11,13H,6-9H2. The fourth-order valence-corrected chi connectivity index (χ4v) is 5.01. The molecule has 0 radical (unpaired) electrons. The van der Waals surface area contributed by atoms with Crippen LogP contribution in [0.2, 0.25) is 4.47 Å². The third-order valence-corrected chi connectivity index (χ3v) is 6.29. The van der Waals surface area contributed by atoms with Gasteiger partial charge in [0.05, 0.1) is 0 Å². The quantitative estimate of drug-likeness (QED) is 0.841. The van der Waals surface area contributed by atoms with E-state index in [9.17, 15) is 5.11 Å². The molecule has 2 rings (SSSR count). The predicted octanol–water partition coefficient (Wildman–Crippen LogP) is 1.60. The fourth-order valence-electron chi connectivity index (χ4n) is 1.93. The zero-order valence-corrected chi connectivity index (χ0v) is 10.6.